The highest BCUT2D eigenvalue weighted by atomic mass is 16.5. The number of carbonyl (C=O) groups is 1. The molecule has 150 valence electrons. The molecule has 1 aliphatic heterocycles. The monoisotopic (exact) mass is 391 g/mol. The average Bonchev–Trinajstić information content (AvgIpc) is 3.27. The number of nitrogens with one attached hydrogen (secondary N) is 1. The Morgan fingerprint density at radius 1 is 1.07 bits per heavy atom. The van der Waals surface area contributed by atoms with Gasteiger partial charge in [0.1, 0.15) is 5.69 Å². The van der Waals surface area contributed by atoms with Gasteiger partial charge < -0.3 is 14.4 Å². The molecule has 1 aliphatic rings. The molecule has 0 saturated heterocycles. The van der Waals surface area contributed by atoms with Crippen molar-refractivity contribution in [2.75, 3.05) is 20.8 Å². The second-order valence-electron chi connectivity index (χ2n) is 7.60. The van der Waals surface area contributed by atoms with Crippen molar-refractivity contribution >= 4 is 5.91 Å². The molecular weight excluding hydrogens is 366 g/mol. The van der Waals surface area contributed by atoms with E-state index < -0.39 is 0 Å². The lowest BCUT2D eigenvalue weighted by Gasteiger charge is -2.28. The standard InChI is InChI=1S/C23H25N3O3/c1-14(2)13-26-22(16-10-11-17(28-3)18(12-16)29-4)19-20(15-8-6-5-7-9-15)24-25-21(19)23(26)27/h5-12,14,22H,13H2,1-4H3,(H,24,25). The number of benzene rings is 2. The van der Waals surface area contributed by atoms with Crippen molar-refractivity contribution in [2.24, 2.45) is 5.92 Å². The van der Waals surface area contributed by atoms with E-state index in [1.807, 2.05) is 53.4 Å². The van der Waals surface area contributed by atoms with E-state index in [0.717, 1.165) is 22.4 Å². The Kier molecular flexibility index (Phi) is 5.01. The first-order valence-corrected chi connectivity index (χ1v) is 9.71. The summed E-state index contributed by atoms with van der Waals surface area (Å²) in [6.07, 6.45) is 0. The molecule has 6 heteroatoms. The summed E-state index contributed by atoms with van der Waals surface area (Å²) in [4.78, 5) is 15.2. The first-order valence-electron chi connectivity index (χ1n) is 9.71. The Hall–Kier alpha value is -3.28. The normalized spacial score (nSPS) is 15.7. The zero-order chi connectivity index (χ0) is 20.5. The van der Waals surface area contributed by atoms with E-state index in [4.69, 9.17) is 9.47 Å². The van der Waals surface area contributed by atoms with Gasteiger partial charge in [0.25, 0.3) is 5.91 Å². The summed E-state index contributed by atoms with van der Waals surface area (Å²) in [7, 11) is 3.23. The second kappa shape index (κ2) is 7.62. The van der Waals surface area contributed by atoms with E-state index in [1.165, 1.54) is 0 Å². The molecule has 0 bridgehead atoms. The van der Waals surface area contributed by atoms with E-state index in [1.54, 1.807) is 14.2 Å². The Morgan fingerprint density at radius 3 is 2.45 bits per heavy atom. The molecule has 0 fully saturated rings. The number of nitrogens with zero attached hydrogens (tertiary/aromatic N) is 2. The molecule has 1 aromatic heterocycles. The summed E-state index contributed by atoms with van der Waals surface area (Å²) < 4.78 is 10.9. The molecule has 0 aliphatic carbocycles. The van der Waals surface area contributed by atoms with E-state index in [9.17, 15) is 4.79 Å². The van der Waals surface area contributed by atoms with Gasteiger partial charge in [0, 0.05) is 17.7 Å². The molecule has 29 heavy (non-hydrogen) atoms. The number of amides is 1. The molecule has 1 amide bonds. The summed E-state index contributed by atoms with van der Waals surface area (Å²) in [6, 6.07) is 15.5. The van der Waals surface area contributed by atoms with Crippen molar-refractivity contribution in [3.63, 3.8) is 0 Å². The number of fused-ring (bicyclic) bond motifs is 1. The van der Waals surface area contributed by atoms with Crippen LogP contribution in [0.3, 0.4) is 0 Å². The minimum atomic E-state index is -0.242. The van der Waals surface area contributed by atoms with Crippen LogP contribution in [-0.4, -0.2) is 41.8 Å². The van der Waals surface area contributed by atoms with Gasteiger partial charge >= 0.3 is 0 Å². The number of methoxy groups -OCH3 is 2. The third-order valence-electron chi connectivity index (χ3n) is 5.20. The highest BCUT2D eigenvalue weighted by Crippen LogP contribution is 2.44. The van der Waals surface area contributed by atoms with Crippen LogP contribution in [-0.2, 0) is 0 Å². The molecule has 0 saturated carbocycles. The van der Waals surface area contributed by atoms with Crippen molar-refractivity contribution in [3.05, 3.63) is 65.4 Å². The summed E-state index contributed by atoms with van der Waals surface area (Å²) in [5.41, 5.74) is 4.22. The van der Waals surface area contributed by atoms with E-state index >= 15 is 0 Å². The number of aromatic amines is 1. The third-order valence-corrected chi connectivity index (χ3v) is 5.20. The Balaban J connectivity index is 1.89. The van der Waals surface area contributed by atoms with Crippen molar-refractivity contribution in [3.8, 4) is 22.8 Å². The van der Waals surface area contributed by atoms with Crippen LogP contribution in [0.4, 0.5) is 0 Å². The lowest BCUT2D eigenvalue weighted by molar-refractivity contribution is 0.0722. The van der Waals surface area contributed by atoms with Crippen molar-refractivity contribution in [1.82, 2.24) is 15.1 Å². The van der Waals surface area contributed by atoms with Crippen LogP contribution in [0.1, 0.15) is 41.5 Å². The van der Waals surface area contributed by atoms with Gasteiger partial charge in [-0.15, -0.1) is 0 Å². The lowest BCUT2D eigenvalue weighted by atomic mass is 9.95. The fourth-order valence-electron chi connectivity index (χ4n) is 3.96. The molecule has 1 atom stereocenters. The maximum atomic E-state index is 13.2. The summed E-state index contributed by atoms with van der Waals surface area (Å²) in [5.74, 6) is 1.61. The largest absolute Gasteiger partial charge is 0.493 e. The van der Waals surface area contributed by atoms with Gasteiger partial charge in [-0.1, -0.05) is 50.2 Å². The molecular formula is C23H25N3O3. The average molecular weight is 391 g/mol. The summed E-state index contributed by atoms with van der Waals surface area (Å²) in [6.45, 7) is 4.87. The molecule has 0 radical (unpaired) electrons. The van der Waals surface area contributed by atoms with Crippen LogP contribution in [0.25, 0.3) is 11.3 Å². The van der Waals surface area contributed by atoms with Gasteiger partial charge in [0.05, 0.1) is 26.0 Å². The number of hydrogen-bond donors (Lipinski definition) is 1. The fourth-order valence-corrected chi connectivity index (χ4v) is 3.96. The molecule has 0 spiro atoms. The minimum Gasteiger partial charge on any atom is -0.493 e. The molecule has 6 nitrogen and oxygen atoms in total. The number of H-pyrrole nitrogens is 1. The van der Waals surface area contributed by atoms with Gasteiger partial charge in [-0.2, -0.15) is 5.10 Å². The van der Waals surface area contributed by atoms with Gasteiger partial charge in [0.15, 0.2) is 11.5 Å². The number of ether oxygens (including phenoxy) is 2. The summed E-state index contributed by atoms with van der Waals surface area (Å²) in [5, 5.41) is 7.49. The van der Waals surface area contributed by atoms with Crippen LogP contribution < -0.4 is 9.47 Å². The Bertz CT molecular complexity index is 1030. The molecule has 2 heterocycles. The quantitative estimate of drug-likeness (QED) is 0.680. The highest BCUT2D eigenvalue weighted by Gasteiger charge is 2.42. The van der Waals surface area contributed by atoms with Gasteiger partial charge in [-0.3, -0.25) is 9.89 Å². The smallest absolute Gasteiger partial charge is 0.273 e. The zero-order valence-corrected chi connectivity index (χ0v) is 17.1. The minimum absolute atomic E-state index is 0.0248. The van der Waals surface area contributed by atoms with E-state index in [0.29, 0.717) is 29.7 Å². The predicted molar refractivity (Wildman–Crippen MR) is 111 cm³/mol. The molecule has 1 unspecified atom stereocenters. The number of hydrogen-bond acceptors (Lipinski definition) is 4. The van der Waals surface area contributed by atoms with Crippen molar-refractivity contribution in [2.45, 2.75) is 19.9 Å². The van der Waals surface area contributed by atoms with Crippen LogP contribution in [0.15, 0.2) is 48.5 Å². The number of carbonyl (C=O) groups excluding carboxylic acids is 1. The van der Waals surface area contributed by atoms with Crippen molar-refractivity contribution < 1.29 is 14.3 Å². The van der Waals surface area contributed by atoms with Crippen LogP contribution in [0, 0.1) is 5.92 Å². The SMILES string of the molecule is COc1ccc(C2c3c(-c4ccccc4)n[nH]c3C(=O)N2CC(C)C)cc1OC. The van der Waals surface area contributed by atoms with Gasteiger partial charge in [0.2, 0.25) is 0 Å². The maximum Gasteiger partial charge on any atom is 0.273 e. The summed E-state index contributed by atoms with van der Waals surface area (Å²) >= 11 is 0. The highest BCUT2D eigenvalue weighted by molar-refractivity contribution is 6.00. The topological polar surface area (TPSA) is 67.5 Å². The van der Waals surface area contributed by atoms with Crippen LogP contribution in [0.2, 0.25) is 0 Å². The third kappa shape index (κ3) is 3.24. The molecule has 3 aromatic rings. The first kappa shape index (κ1) is 19.1. The maximum absolute atomic E-state index is 13.2. The fraction of sp³-hybridized carbons (Fsp3) is 0.304. The predicted octanol–water partition coefficient (Wildman–Crippen LogP) is 4.30. The van der Waals surface area contributed by atoms with Crippen molar-refractivity contribution in [1.29, 1.82) is 0 Å². The second-order valence-corrected chi connectivity index (χ2v) is 7.60. The lowest BCUT2D eigenvalue weighted by Crippen LogP contribution is -2.32. The van der Waals surface area contributed by atoms with Crippen LogP contribution in [0.5, 0.6) is 11.5 Å². The molecule has 1 N–H and O–H groups in total. The molecule has 2 aromatic carbocycles. The number of aromatic nitrogens is 2. The Labute approximate surface area is 170 Å². The molecule has 4 rings (SSSR count). The Morgan fingerprint density at radius 2 is 1.79 bits per heavy atom. The van der Waals surface area contributed by atoms with Gasteiger partial charge in [-0.25, -0.2) is 0 Å². The van der Waals surface area contributed by atoms with Gasteiger partial charge in [-0.05, 0) is 23.6 Å². The number of rotatable bonds is 6. The first-order chi connectivity index (χ1) is 14.0. The van der Waals surface area contributed by atoms with E-state index in [-0.39, 0.29) is 11.9 Å². The van der Waals surface area contributed by atoms with Crippen LogP contribution >= 0.6 is 0 Å². The zero-order valence-electron chi connectivity index (χ0n) is 17.1. The van der Waals surface area contributed by atoms with E-state index in [2.05, 4.69) is 24.0 Å².